The highest BCUT2D eigenvalue weighted by atomic mass is 35.5. The van der Waals surface area contributed by atoms with Crippen molar-refractivity contribution < 1.29 is 31.1 Å². The van der Waals surface area contributed by atoms with Gasteiger partial charge in [-0.05, 0) is 24.3 Å². The number of nitrogens with one attached hydrogen (secondary N) is 1. The summed E-state index contributed by atoms with van der Waals surface area (Å²) in [6.07, 6.45) is -4.13. The molecule has 2 heterocycles. The minimum atomic E-state index is -4.65. The number of anilines is 1. The lowest BCUT2D eigenvalue weighted by Crippen LogP contribution is -2.40. The second-order valence-electron chi connectivity index (χ2n) is 6.16. The number of hydrogen-bond donors (Lipinski definition) is 1. The van der Waals surface area contributed by atoms with Gasteiger partial charge in [0.25, 0.3) is 5.91 Å². The van der Waals surface area contributed by atoms with Gasteiger partial charge in [0.15, 0.2) is 5.82 Å². The molecule has 0 aliphatic carbocycles. The third kappa shape index (κ3) is 4.86. The zero-order chi connectivity index (χ0) is 22.1. The quantitative estimate of drug-likeness (QED) is 0.716. The van der Waals surface area contributed by atoms with Gasteiger partial charge in [0.1, 0.15) is 0 Å². The molecule has 0 spiro atoms. The molecule has 0 radical (unpaired) electrons. The van der Waals surface area contributed by atoms with Crippen LogP contribution in [0.2, 0.25) is 10.0 Å². The number of carbonyl (C=O) groups is 1. The van der Waals surface area contributed by atoms with Gasteiger partial charge in [0, 0.05) is 19.3 Å². The van der Waals surface area contributed by atoms with Crippen LogP contribution >= 0.6 is 23.2 Å². The van der Waals surface area contributed by atoms with Crippen LogP contribution in [0.25, 0.3) is 0 Å². The van der Waals surface area contributed by atoms with Gasteiger partial charge in [-0.15, -0.1) is 0 Å². The molecular weight excluding hydrogens is 470 g/mol. The van der Waals surface area contributed by atoms with Crippen LogP contribution in [0, 0.1) is 0 Å². The Kier molecular flexibility index (Phi) is 6.58. The molecule has 1 aromatic carbocycles. The first-order valence-electron chi connectivity index (χ1n) is 8.41. The summed E-state index contributed by atoms with van der Waals surface area (Å²) in [5.74, 6) is -1.21. The van der Waals surface area contributed by atoms with Gasteiger partial charge in [-0.25, -0.2) is 13.4 Å². The van der Waals surface area contributed by atoms with Crippen LogP contribution in [0.3, 0.4) is 0 Å². The van der Waals surface area contributed by atoms with E-state index in [2.05, 4.69) is 10.3 Å². The maximum absolute atomic E-state index is 12.8. The number of hydrogen-bond acceptors (Lipinski definition) is 5. The van der Waals surface area contributed by atoms with Crippen molar-refractivity contribution in [1.29, 1.82) is 0 Å². The van der Waals surface area contributed by atoms with Crippen molar-refractivity contribution in [3.05, 3.63) is 51.6 Å². The number of aromatic nitrogens is 1. The van der Waals surface area contributed by atoms with Gasteiger partial charge in [-0.3, -0.25) is 4.79 Å². The SMILES string of the molecule is O=C(Nc1ncc(C(F)(F)F)cc1Cl)c1cc(S(=O)(=O)N2CCOCC2)ccc1Cl. The molecule has 1 N–H and O–H groups in total. The van der Waals surface area contributed by atoms with Crippen LogP contribution < -0.4 is 5.32 Å². The molecule has 13 heteroatoms. The molecule has 3 rings (SSSR count). The lowest BCUT2D eigenvalue weighted by atomic mass is 10.2. The summed E-state index contributed by atoms with van der Waals surface area (Å²) in [7, 11) is -3.89. The van der Waals surface area contributed by atoms with E-state index in [1.165, 1.54) is 16.4 Å². The van der Waals surface area contributed by atoms with E-state index in [4.69, 9.17) is 27.9 Å². The molecule has 0 bridgehead atoms. The lowest BCUT2D eigenvalue weighted by Gasteiger charge is -2.26. The summed E-state index contributed by atoms with van der Waals surface area (Å²) < 4.78 is 70.1. The fourth-order valence-corrected chi connectivity index (χ4v) is 4.49. The third-order valence-corrected chi connectivity index (χ3v) is 6.70. The first-order chi connectivity index (χ1) is 14.0. The van der Waals surface area contributed by atoms with Gasteiger partial charge in [0.2, 0.25) is 10.0 Å². The molecule has 30 heavy (non-hydrogen) atoms. The number of alkyl halides is 3. The van der Waals surface area contributed by atoms with E-state index in [0.717, 1.165) is 6.07 Å². The largest absolute Gasteiger partial charge is 0.417 e. The number of pyridine rings is 1. The average Bonchev–Trinajstić information content (AvgIpc) is 2.69. The molecule has 1 fully saturated rings. The fourth-order valence-electron chi connectivity index (χ4n) is 2.63. The predicted molar refractivity (Wildman–Crippen MR) is 103 cm³/mol. The second-order valence-corrected chi connectivity index (χ2v) is 8.92. The summed E-state index contributed by atoms with van der Waals surface area (Å²) in [6.45, 7) is 0.825. The minimum absolute atomic E-state index is 0.0588. The molecule has 162 valence electrons. The molecule has 1 aliphatic rings. The third-order valence-electron chi connectivity index (χ3n) is 4.19. The van der Waals surface area contributed by atoms with Crippen molar-refractivity contribution in [3.8, 4) is 0 Å². The predicted octanol–water partition coefficient (Wildman–Crippen LogP) is 3.68. The van der Waals surface area contributed by atoms with Crippen LogP contribution in [0.4, 0.5) is 19.0 Å². The number of nitrogens with zero attached hydrogens (tertiary/aromatic N) is 2. The first-order valence-corrected chi connectivity index (χ1v) is 10.6. The molecule has 1 aromatic heterocycles. The molecule has 1 saturated heterocycles. The topological polar surface area (TPSA) is 88.6 Å². The van der Waals surface area contributed by atoms with Gasteiger partial charge in [-0.2, -0.15) is 17.5 Å². The molecule has 1 aliphatic heterocycles. The number of benzene rings is 1. The Morgan fingerprint density at radius 2 is 1.80 bits per heavy atom. The summed E-state index contributed by atoms with van der Waals surface area (Å²) in [5.41, 5.74) is -1.29. The molecule has 0 unspecified atom stereocenters. The Morgan fingerprint density at radius 1 is 1.13 bits per heavy atom. The van der Waals surface area contributed by atoms with E-state index in [0.29, 0.717) is 12.3 Å². The van der Waals surface area contributed by atoms with E-state index in [1.807, 2.05) is 0 Å². The second kappa shape index (κ2) is 8.67. The summed E-state index contributed by atoms with van der Waals surface area (Å²) >= 11 is 11.8. The number of ether oxygens (including phenoxy) is 1. The lowest BCUT2D eigenvalue weighted by molar-refractivity contribution is -0.137. The summed E-state index contributed by atoms with van der Waals surface area (Å²) in [4.78, 5) is 15.9. The van der Waals surface area contributed by atoms with E-state index >= 15 is 0 Å². The molecule has 0 saturated carbocycles. The molecule has 0 atom stereocenters. The van der Waals surface area contributed by atoms with Crippen LogP contribution in [0.5, 0.6) is 0 Å². The van der Waals surface area contributed by atoms with Crippen molar-refractivity contribution in [2.45, 2.75) is 11.1 Å². The summed E-state index contributed by atoms with van der Waals surface area (Å²) in [5, 5.41) is 1.74. The average molecular weight is 484 g/mol. The number of rotatable bonds is 4. The normalized spacial score (nSPS) is 15.8. The van der Waals surface area contributed by atoms with Crippen molar-refractivity contribution in [1.82, 2.24) is 9.29 Å². The van der Waals surface area contributed by atoms with Crippen LogP contribution in [-0.4, -0.2) is 49.9 Å². The monoisotopic (exact) mass is 483 g/mol. The van der Waals surface area contributed by atoms with Gasteiger partial charge < -0.3 is 10.1 Å². The number of sulfonamides is 1. The van der Waals surface area contributed by atoms with Crippen molar-refractivity contribution >= 4 is 45.0 Å². The highest BCUT2D eigenvalue weighted by Crippen LogP contribution is 2.33. The van der Waals surface area contributed by atoms with Crippen LogP contribution in [0.1, 0.15) is 15.9 Å². The van der Waals surface area contributed by atoms with E-state index in [-0.39, 0.29) is 47.6 Å². The molecular formula is C17H14Cl2F3N3O4S. The standard InChI is InChI=1S/C17H14Cl2F3N3O4S/c18-13-2-1-11(30(27,28)25-3-5-29-6-4-25)8-12(13)16(26)24-15-14(19)7-10(9-23-15)17(20,21)22/h1-2,7-9H,3-6H2,(H,23,24,26). The number of morpholine rings is 1. The van der Waals surface area contributed by atoms with Crippen molar-refractivity contribution in [2.75, 3.05) is 31.6 Å². The van der Waals surface area contributed by atoms with Crippen LogP contribution in [0.15, 0.2) is 35.4 Å². The Hall–Kier alpha value is -1.92. The number of carbonyl (C=O) groups excluding carboxylic acids is 1. The van der Waals surface area contributed by atoms with E-state index in [1.54, 1.807) is 0 Å². The molecule has 2 aromatic rings. The maximum Gasteiger partial charge on any atom is 0.417 e. The zero-order valence-electron chi connectivity index (χ0n) is 15.0. The number of amides is 1. The van der Waals surface area contributed by atoms with Gasteiger partial charge in [-0.1, -0.05) is 23.2 Å². The zero-order valence-corrected chi connectivity index (χ0v) is 17.4. The fraction of sp³-hybridized carbons (Fsp3) is 0.294. The van der Waals surface area contributed by atoms with Crippen LogP contribution in [-0.2, 0) is 20.9 Å². The first kappa shape index (κ1) is 22.8. The minimum Gasteiger partial charge on any atom is -0.379 e. The molecule has 7 nitrogen and oxygen atoms in total. The highest BCUT2D eigenvalue weighted by Gasteiger charge is 2.32. The maximum atomic E-state index is 12.8. The highest BCUT2D eigenvalue weighted by molar-refractivity contribution is 7.89. The molecule has 1 amide bonds. The van der Waals surface area contributed by atoms with E-state index in [9.17, 15) is 26.4 Å². The van der Waals surface area contributed by atoms with Gasteiger partial charge in [0.05, 0.1) is 39.3 Å². The smallest absolute Gasteiger partial charge is 0.379 e. The Balaban J connectivity index is 1.87. The Morgan fingerprint density at radius 3 is 2.40 bits per heavy atom. The van der Waals surface area contributed by atoms with E-state index < -0.39 is 32.7 Å². The number of halogens is 5. The van der Waals surface area contributed by atoms with Crippen molar-refractivity contribution in [3.63, 3.8) is 0 Å². The van der Waals surface area contributed by atoms with Gasteiger partial charge >= 0.3 is 6.18 Å². The van der Waals surface area contributed by atoms with Crippen molar-refractivity contribution in [2.24, 2.45) is 0 Å². The Labute approximate surface area is 179 Å². The Bertz CT molecular complexity index is 1070. The summed E-state index contributed by atoms with van der Waals surface area (Å²) in [6, 6.07) is 4.20.